The molecule has 1 aliphatic rings. The fourth-order valence-corrected chi connectivity index (χ4v) is 3.27. The van der Waals surface area contributed by atoms with Crippen LogP contribution in [-0.2, 0) is 4.79 Å². The molecule has 1 heterocycles. The number of carbonyl (C=O) groups excluding carboxylic acids is 1. The number of amides is 1. The highest BCUT2D eigenvalue weighted by molar-refractivity contribution is 5.78. The van der Waals surface area contributed by atoms with Crippen molar-refractivity contribution in [3.8, 4) is 17.2 Å². The summed E-state index contributed by atoms with van der Waals surface area (Å²) in [6, 6.07) is 11.6. The number of benzene rings is 2. The van der Waals surface area contributed by atoms with Gasteiger partial charge >= 0.3 is 0 Å². The maximum atomic E-state index is 13.7. The van der Waals surface area contributed by atoms with Gasteiger partial charge in [0.15, 0.2) is 18.2 Å². The van der Waals surface area contributed by atoms with Crippen molar-refractivity contribution < 1.29 is 23.4 Å². The molecule has 138 valence electrons. The first-order valence-corrected chi connectivity index (χ1v) is 8.52. The summed E-state index contributed by atoms with van der Waals surface area (Å²) in [7, 11) is 3.20. The van der Waals surface area contributed by atoms with Crippen LogP contribution in [-0.4, -0.2) is 38.2 Å². The van der Waals surface area contributed by atoms with E-state index < -0.39 is 5.82 Å². The summed E-state index contributed by atoms with van der Waals surface area (Å²) < 4.78 is 29.7. The van der Waals surface area contributed by atoms with E-state index in [1.54, 1.807) is 31.3 Å². The van der Waals surface area contributed by atoms with Gasteiger partial charge < -0.3 is 19.1 Å². The Morgan fingerprint density at radius 1 is 1.15 bits per heavy atom. The van der Waals surface area contributed by atoms with Crippen LogP contribution in [0.25, 0.3) is 0 Å². The van der Waals surface area contributed by atoms with Crippen LogP contribution < -0.4 is 14.2 Å². The second kappa shape index (κ2) is 8.08. The third kappa shape index (κ3) is 3.74. The van der Waals surface area contributed by atoms with Gasteiger partial charge in [0, 0.05) is 18.2 Å². The van der Waals surface area contributed by atoms with Crippen molar-refractivity contribution in [3.63, 3.8) is 0 Å². The fourth-order valence-electron chi connectivity index (χ4n) is 3.27. The van der Waals surface area contributed by atoms with Crippen LogP contribution in [0.5, 0.6) is 17.2 Å². The number of hydrogen-bond donors (Lipinski definition) is 0. The summed E-state index contributed by atoms with van der Waals surface area (Å²) in [6.45, 7) is 0.440. The van der Waals surface area contributed by atoms with Crippen molar-refractivity contribution >= 4 is 5.91 Å². The zero-order valence-corrected chi connectivity index (χ0v) is 14.9. The van der Waals surface area contributed by atoms with Gasteiger partial charge in [0.2, 0.25) is 0 Å². The Bertz CT molecular complexity index is 780. The van der Waals surface area contributed by atoms with Gasteiger partial charge in [0.25, 0.3) is 5.91 Å². The van der Waals surface area contributed by atoms with E-state index in [0.717, 1.165) is 18.4 Å². The van der Waals surface area contributed by atoms with E-state index in [4.69, 9.17) is 14.2 Å². The Kier molecular flexibility index (Phi) is 5.61. The average Bonchev–Trinajstić information content (AvgIpc) is 3.16. The Balaban J connectivity index is 1.73. The predicted molar refractivity (Wildman–Crippen MR) is 95.1 cm³/mol. The summed E-state index contributed by atoms with van der Waals surface area (Å²) >= 11 is 0. The second-order valence-electron chi connectivity index (χ2n) is 6.07. The van der Waals surface area contributed by atoms with Crippen molar-refractivity contribution in [1.82, 2.24) is 4.90 Å². The lowest BCUT2D eigenvalue weighted by Crippen LogP contribution is -2.34. The Labute approximate surface area is 152 Å². The maximum absolute atomic E-state index is 13.7. The lowest BCUT2D eigenvalue weighted by atomic mass is 10.0. The fraction of sp³-hybridized carbons (Fsp3) is 0.350. The van der Waals surface area contributed by atoms with Crippen LogP contribution in [0.4, 0.5) is 4.39 Å². The molecule has 0 N–H and O–H groups in total. The molecule has 0 saturated carbocycles. The van der Waals surface area contributed by atoms with Crippen molar-refractivity contribution in [1.29, 1.82) is 0 Å². The lowest BCUT2D eigenvalue weighted by Gasteiger charge is -2.26. The number of hydrogen-bond acceptors (Lipinski definition) is 4. The highest BCUT2D eigenvalue weighted by atomic mass is 19.1. The normalized spacial score (nSPS) is 16.4. The molecule has 1 saturated heterocycles. The van der Waals surface area contributed by atoms with Crippen LogP contribution in [0, 0.1) is 5.82 Å². The van der Waals surface area contributed by atoms with Gasteiger partial charge in [0.1, 0.15) is 11.5 Å². The Morgan fingerprint density at radius 3 is 2.69 bits per heavy atom. The minimum atomic E-state index is -0.477. The number of likely N-dealkylation sites (tertiary alicyclic amines) is 1. The van der Waals surface area contributed by atoms with E-state index >= 15 is 0 Å². The van der Waals surface area contributed by atoms with E-state index in [9.17, 15) is 9.18 Å². The third-order valence-electron chi connectivity index (χ3n) is 4.56. The molecule has 26 heavy (non-hydrogen) atoms. The molecule has 5 nitrogen and oxygen atoms in total. The average molecular weight is 359 g/mol. The molecule has 0 spiro atoms. The molecular formula is C20H22FNO4. The molecule has 2 aromatic rings. The van der Waals surface area contributed by atoms with Gasteiger partial charge in [-0.25, -0.2) is 4.39 Å². The topological polar surface area (TPSA) is 48.0 Å². The number of nitrogens with zero attached hydrogens (tertiary/aromatic N) is 1. The third-order valence-corrected chi connectivity index (χ3v) is 4.56. The molecule has 1 aliphatic heterocycles. The molecule has 1 atom stereocenters. The number of carbonyl (C=O) groups is 1. The van der Waals surface area contributed by atoms with Gasteiger partial charge in [-0.15, -0.1) is 0 Å². The summed E-state index contributed by atoms with van der Waals surface area (Å²) in [5, 5.41) is 0. The van der Waals surface area contributed by atoms with E-state index in [-0.39, 0.29) is 24.3 Å². The van der Waals surface area contributed by atoms with Crippen molar-refractivity contribution in [3.05, 3.63) is 53.8 Å². The summed E-state index contributed by atoms with van der Waals surface area (Å²) in [6.07, 6.45) is 1.74. The molecule has 1 unspecified atom stereocenters. The molecule has 0 radical (unpaired) electrons. The Hall–Kier alpha value is -2.76. The first-order valence-electron chi connectivity index (χ1n) is 8.52. The smallest absolute Gasteiger partial charge is 0.261 e. The van der Waals surface area contributed by atoms with Crippen molar-refractivity contribution in [2.24, 2.45) is 0 Å². The van der Waals surface area contributed by atoms with Crippen LogP contribution in [0.3, 0.4) is 0 Å². The largest absolute Gasteiger partial charge is 0.497 e. The van der Waals surface area contributed by atoms with Crippen molar-refractivity contribution in [2.75, 3.05) is 27.4 Å². The highest BCUT2D eigenvalue weighted by Gasteiger charge is 2.32. The minimum absolute atomic E-state index is 0.0821. The zero-order chi connectivity index (χ0) is 18.5. The molecule has 0 aliphatic carbocycles. The summed E-state index contributed by atoms with van der Waals surface area (Å²) in [4.78, 5) is 14.4. The molecule has 1 amide bonds. The van der Waals surface area contributed by atoms with Gasteiger partial charge in [0.05, 0.1) is 20.3 Å². The van der Waals surface area contributed by atoms with E-state index in [1.807, 2.05) is 18.2 Å². The standard InChI is InChI=1S/C20H22FNO4/c1-24-14-9-10-15(19(12-14)25-2)17-7-5-11-22(17)20(23)13-26-18-8-4-3-6-16(18)21/h3-4,6,8-10,12,17H,5,7,11,13H2,1-2H3. The van der Waals surface area contributed by atoms with E-state index in [0.29, 0.717) is 18.0 Å². The molecule has 0 aromatic heterocycles. The molecule has 3 rings (SSSR count). The predicted octanol–water partition coefficient (Wildman–Crippen LogP) is 3.59. The number of ether oxygens (including phenoxy) is 3. The summed E-state index contributed by atoms with van der Waals surface area (Å²) in [5.41, 5.74) is 0.935. The number of para-hydroxylation sites is 1. The number of halogens is 1. The number of rotatable bonds is 6. The quantitative estimate of drug-likeness (QED) is 0.791. The molecule has 1 fully saturated rings. The van der Waals surface area contributed by atoms with Crippen LogP contribution in [0.2, 0.25) is 0 Å². The van der Waals surface area contributed by atoms with E-state index in [2.05, 4.69) is 0 Å². The van der Waals surface area contributed by atoms with Crippen molar-refractivity contribution in [2.45, 2.75) is 18.9 Å². The van der Waals surface area contributed by atoms with Gasteiger partial charge in [-0.05, 0) is 37.1 Å². The summed E-state index contributed by atoms with van der Waals surface area (Å²) in [5.74, 6) is 0.816. The first kappa shape index (κ1) is 18.0. The van der Waals surface area contributed by atoms with Crippen LogP contribution in [0.15, 0.2) is 42.5 Å². The lowest BCUT2D eigenvalue weighted by molar-refractivity contribution is -0.134. The monoisotopic (exact) mass is 359 g/mol. The minimum Gasteiger partial charge on any atom is -0.497 e. The molecule has 2 aromatic carbocycles. The Morgan fingerprint density at radius 2 is 1.96 bits per heavy atom. The second-order valence-corrected chi connectivity index (χ2v) is 6.07. The molecule has 6 heteroatoms. The molecular weight excluding hydrogens is 337 g/mol. The van der Waals surface area contributed by atoms with E-state index in [1.165, 1.54) is 12.1 Å². The zero-order valence-electron chi connectivity index (χ0n) is 14.9. The van der Waals surface area contributed by atoms with Gasteiger partial charge in [-0.2, -0.15) is 0 Å². The maximum Gasteiger partial charge on any atom is 0.261 e. The van der Waals surface area contributed by atoms with Crippen LogP contribution in [0.1, 0.15) is 24.4 Å². The van der Waals surface area contributed by atoms with Crippen LogP contribution >= 0.6 is 0 Å². The number of methoxy groups -OCH3 is 2. The molecule has 0 bridgehead atoms. The highest BCUT2D eigenvalue weighted by Crippen LogP contribution is 2.38. The van der Waals surface area contributed by atoms with Gasteiger partial charge in [-0.3, -0.25) is 4.79 Å². The first-order chi connectivity index (χ1) is 12.6. The SMILES string of the molecule is COc1ccc(C2CCCN2C(=O)COc2ccccc2F)c(OC)c1. The van der Waals surface area contributed by atoms with Gasteiger partial charge in [-0.1, -0.05) is 12.1 Å².